The first-order valence-electron chi connectivity index (χ1n) is 8.37. The van der Waals surface area contributed by atoms with Gasteiger partial charge in [0.25, 0.3) is 0 Å². The van der Waals surface area contributed by atoms with Crippen LogP contribution in [0.5, 0.6) is 0 Å². The first kappa shape index (κ1) is 18.4. The molecule has 0 spiro atoms. The van der Waals surface area contributed by atoms with Crippen LogP contribution >= 0.6 is 11.6 Å². The number of furan rings is 1. The zero-order valence-electron chi connectivity index (χ0n) is 14.3. The fourth-order valence-electron chi connectivity index (χ4n) is 3.20. The minimum absolute atomic E-state index is 0.0272. The summed E-state index contributed by atoms with van der Waals surface area (Å²) in [7, 11) is 0. The molecule has 0 radical (unpaired) electrons. The molecule has 0 aliphatic heterocycles. The van der Waals surface area contributed by atoms with E-state index in [2.05, 4.69) is 5.32 Å². The van der Waals surface area contributed by atoms with Crippen LogP contribution in [0.15, 0.2) is 65.3 Å². The van der Waals surface area contributed by atoms with Gasteiger partial charge in [-0.25, -0.2) is 0 Å². The number of rotatable bonds is 3. The molecule has 0 aliphatic rings. The number of anilines is 1. The maximum Gasteiger partial charge on any atom is 0.417 e. The Labute approximate surface area is 162 Å². The lowest BCUT2D eigenvalue weighted by atomic mass is 10.0. The summed E-state index contributed by atoms with van der Waals surface area (Å²) >= 11 is 5.61. The van der Waals surface area contributed by atoms with E-state index in [9.17, 15) is 18.0 Å². The highest BCUT2D eigenvalue weighted by Gasteiger charge is 2.33. The molecule has 0 saturated heterocycles. The summed E-state index contributed by atoms with van der Waals surface area (Å²) in [6.45, 7) is 0. The van der Waals surface area contributed by atoms with Gasteiger partial charge in [-0.3, -0.25) is 4.79 Å². The van der Waals surface area contributed by atoms with E-state index in [0.29, 0.717) is 11.1 Å². The van der Waals surface area contributed by atoms with E-state index < -0.39 is 22.7 Å². The van der Waals surface area contributed by atoms with Crippen LogP contribution in [0, 0.1) is 0 Å². The van der Waals surface area contributed by atoms with Crippen LogP contribution in [-0.2, 0) is 17.4 Å². The number of amides is 1. The third kappa shape index (κ3) is 3.43. The number of benzene rings is 3. The highest BCUT2D eigenvalue weighted by molar-refractivity contribution is 6.31. The van der Waals surface area contributed by atoms with Gasteiger partial charge in [0.2, 0.25) is 5.91 Å². The van der Waals surface area contributed by atoms with E-state index in [1.165, 1.54) is 12.3 Å². The smallest absolute Gasteiger partial charge is 0.417 e. The van der Waals surface area contributed by atoms with E-state index in [1.54, 1.807) is 0 Å². The largest absolute Gasteiger partial charge is 0.464 e. The van der Waals surface area contributed by atoms with Crippen LogP contribution in [0.4, 0.5) is 18.9 Å². The number of fused-ring (bicyclic) bond motifs is 3. The zero-order chi connectivity index (χ0) is 19.9. The van der Waals surface area contributed by atoms with Crippen LogP contribution in [-0.4, -0.2) is 5.91 Å². The van der Waals surface area contributed by atoms with E-state index in [4.69, 9.17) is 16.0 Å². The summed E-state index contributed by atoms with van der Waals surface area (Å²) in [5.74, 6) is -0.453. The average molecular weight is 404 g/mol. The highest BCUT2D eigenvalue weighted by Crippen LogP contribution is 2.36. The minimum Gasteiger partial charge on any atom is -0.464 e. The lowest BCUT2D eigenvalue weighted by Crippen LogP contribution is -2.15. The van der Waals surface area contributed by atoms with Crippen molar-refractivity contribution in [3.63, 3.8) is 0 Å². The van der Waals surface area contributed by atoms with Gasteiger partial charge in [-0.2, -0.15) is 13.2 Å². The molecule has 4 rings (SSSR count). The molecule has 0 aliphatic carbocycles. The molecular weight excluding hydrogens is 391 g/mol. The third-order valence-corrected chi connectivity index (χ3v) is 4.78. The van der Waals surface area contributed by atoms with Gasteiger partial charge in [0.15, 0.2) is 0 Å². The minimum atomic E-state index is -4.60. The van der Waals surface area contributed by atoms with Gasteiger partial charge in [0.05, 0.1) is 23.3 Å². The van der Waals surface area contributed by atoms with Crippen molar-refractivity contribution in [3.05, 3.63) is 77.0 Å². The SMILES string of the molecule is O=C(Cc1coc2ccc3ccccc3c12)Nc1ccc(Cl)c(C(F)(F)F)c1. The Morgan fingerprint density at radius 1 is 1.07 bits per heavy atom. The molecule has 3 aromatic carbocycles. The van der Waals surface area contributed by atoms with E-state index in [0.717, 1.165) is 28.3 Å². The first-order valence-corrected chi connectivity index (χ1v) is 8.75. The van der Waals surface area contributed by atoms with E-state index in [1.807, 2.05) is 36.4 Å². The summed E-state index contributed by atoms with van der Waals surface area (Å²) in [6.07, 6.45) is -3.14. The summed E-state index contributed by atoms with van der Waals surface area (Å²) < 4.78 is 44.5. The molecule has 0 atom stereocenters. The van der Waals surface area contributed by atoms with Crippen molar-refractivity contribution < 1.29 is 22.4 Å². The van der Waals surface area contributed by atoms with Crippen LogP contribution in [0.3, 0.4) is 0 Å². The topological polar surface area (TPSA) is 42.2 Å². The van der Waals surface area contributed by atoms with Crippen molar-refractivity contribution in [3.8, 4) is 0 Å². The normalized spacial score (nSPS) is 11.9. The molecule has 0 unspecified atom stereocenters. The number of carbonyl (C=O) groups is 1. The number of hydrogen-bond donors (Lipinski definition) is 1. The van der Waals surface area contributed by atoms with E-state index >= 15 is 0 Å². The Morgan fingerprint density at radius 3 is 2.64 bits per heavy atom. The van der Waals surface area contributed by atoms with Gasteiger partial charge in [0.1, 0.15) is 5.58 Å². The van der Waals surface area contributed by atoms with Crippen LogP contribution in [0.1, 0.15) is 11.1 Å². The Kier molecular flexibility index (Phi) is 4.51. The second kappa shape index (κ2) is 6.87. The fourth-order valence-corrected chi connectivity index (χ4v) is 3.43. The molecule has 3 nitrogen and oxygen atoms in total. The van der Waals surface area contributed by atoms with Crippen LogP contribution in [0.25, 0.3) is 21.7 Å². The van der Waals surface area contributed by atoms with Crippen molar-refractivity contribution in [1.29, 1.82) is 0 Å². The van der Waals surface area contributed by atoms with Gasteiger partial charge in [-0.1, -0.05) is 41.9 Å². The van der Waals surface area contributed by atoms with Crippen molar-refractivity contribution in [1.82, 2.24) is 0 Å². The molecule has 142 valence electrons. The maximum atomic E-state index is 13.0. The van der Waals surface area contributed by atoms with Crippen molar-refractivity contribution in [2.75, 3.05) is 5.32 Å². The lowest BCUT2D eigenvalue weighted by molar-refractivity contribution is -0.137. The van der Waals surface area contributed by atoms with Crippen LogP contribution in [0.2, 0.25) is 5.02 Å². The monoisotopic (exact) mass is 403 g/mol. The summed E-state index contributed by atoms with van der Waals surface area (Å²) in [5.41, 5.74) is 0.341. The van der Waals surface area contributed by atoms with Gasteiger partial charge in [0, 0.05) is 16.6 Å². The molecule has 4 aromatic rings. The third-order valence-electron chi connectivity index (χ3n) is 4.45. The van der Waals surface area contributed by atoms with Gasteiger partial charge in [-0.05, 0) is 35.0 Å². The predicted molar refractivity (Wildman–Crippen MR) is 103 cm³/mol. The van der Waals surface area contributed by atoms with Gasteiger partial charge in [-0.15, -0.1) is 0 Å². The molecule has 0 bridgehead atoms. The Bertz CT molecular complexity index is 1200. The molecular formula is C21H13ClF3NO2. The average Bonchev–Trinajstić information content (AvgIpc) is 3.05. The van der Waals surface area contributed by atoms with Crippen molar-refractivity contribution >= 4 is 44.9 Å². The Morgan fingerprint density at radius 2 is 1.86 bits per heavy atom. The molecule has 1 amide bonds. The predicted octanol–water partition coefficient (Wildman–Crippen LogP) is 6.44. The second-order valence-corrected chi connectivity index (χ2v) is 6.75. The molecule has 0 saturated carbocycles. The Hall–Kier alpha value is -2.99. The summed E-state index contributed by atoms with van der Waals surface area (Å²) in [4.78, 5) is 12.4. The maximum absolute atomic E-state index is 13.0. The van der Waals surface area contributed by atoms with Gasteiger partial charge < -0.3 is 9.73 Å². The van der Waals surface area contributed by atoms with E-state index in [-0.39, 0.29) is 12.1 Å². The standard InChI is InChI=1S/C21H13ClF3NO2/c22-17-7-6-14(10-16(17)21(23,24)25)26-19(27)9-13-11-28-18-8-5-12-3-1-2-4-15(12)20(13)18/h1-8,10-11H,9H2,(H,26,27). The fraction of sp³-hybridized carbons (Fsp3) is 0.0952. The molecule has 1 aromatic heterocycles. The molecule has 28 heavy (non-hydrogen) atoms. The molecule has 1 heterocycles. The highest BCUT2D eigenvalue weighted by atomic mass is 35.5. The quantitative estimate of drug-likeness (QED) is 0.427. The second-order valence-electron chi connectivity index (χ2n) is 6.34. The number of alkyl halides is 3. The van der Waals surface area contributed by atoms with Crippen molar-refractivity contribution in [2.24, 2.45) is 0 Å². The zero-order valence-corrected chi connectivity index (χ0v) is 15.1. The van der Waals surface area contributed by atoms with Crippen LogP contribution < -0.4 is 5.32 Å². The van der Waals surface area contributed by atoms with Crippen molar-refractivity contribution in [2.45, 2.75) is 12.6 Å². The first-order chi connectivity index (χ1) is 13.3. The molecule has 1 N–H and O–H groups in total. The van der Waals surface area contributed by atoms with Gasteiger partial charge >= 0.3 is 6.18 Å². The Balaban J connectivity index is 1.62. The summed E-state index contributed by atoms with van der Waals surface area (Å²) in [6, 6.07) is 14.7. The lowest BCUT2D eigenvalue weighted by Gasteiger charge is -2.11. The molecule has 7 heteroatoms. The number of hydrogen-bond acceptors (Lipinski definition) is 2. The number of carbonyl (C=O) groups excluding carboxylic acids is 1. The number of nitrogens with one attached hydrogen (secondary N) is 1. The number of halogens is 4. The molecule has 0 fully saturated rings. The summed E-state index contributed by atoms with van der Waals surface area (Å²) in [5, 5.41) is 4.85.